The molecule has 0 amide bonds. The number of para-hydroxylation sites is 3. The zero-order chi connectivity index (χ0) is 29.9. The second-order valence-corrected chi connectivity index (χ2v) is 11.1. The maximum Gasteiger partial charge on any atom is 0.143 e. The molecule has 44 heavy (non-hydrogen) atoms. The summed E-state index contributed by atoms with van der Waals surface area (Å²) in [6, 6.07) is 30.5. The van der Waals surface area contributed by atoms with Crippen molar-refractivity contribution in [2.45, 2.75) is 26.2 Å². The van der Waals surface area contributed by atoms with Gasteiger partial charge in [-0.2, -0.15) is 0 Å². The lowest BCUT2D eigenvalue weighted by molar-refractivity contribution is 0.665. The second-order valence-electron chi connectivity index (χ2n) is 11.1. The molecule has 0 saturated carbocycles. The molecule has 0 unspecified atom stereocenters. The smallest absolute Gasteiger partial charge is 0.143 e. The highest BCUT2D eigenvalue weighted by atomic mass is 16.3. The third-order valence-electron chi connectivity index (χ3n) is 8.34. The van der Waals surface area contributed by atoms with Crippen molar-refractivity contribution in [3.8, 4) is 16.8 Å². The van der Waals surface area contributed by atoms with E-state index >= 15 is 0 Å². The highest BCUT2D eigenvalue weighted by Crippen LogP contribution is 2.39. The predicted molar refractivity (Wildman–Crippen MR) is 188 cm³/mol. The molecule has 0 radical (unpaired) electrons. The van der Waals surface area contributed by atoms with Gasteiger partial charge in [0, 0.05) is 40.0 Å². The molecule has 2 heterocycles. The van der Waals surface area contributed by atoms with Crippen molar-refractivity contribution in [2.75, 3.05) is 0 Å². The van der Waals surface area contributed by atoms with Gasteiger partial charge in [0.25, 0.3) is 0 Å². The summed E-state index contributed by atoms with van der Waals surface area (Å²) in [6.45, 7) is 5.69. The van der Waals surface area contributed by atoms with Crippen LogP contribution in [-0.2, 0) is 12.8 Å². The Labute approximate surface area is 258 Å². The Balaban J connectivity index is 1.33. The minimum atomic E-state index is 0.827. The number of aliphatic imine (C=N–C) groups is 1. The van der Waals surface area contributed by atoms with Crippen molar-refractivity contribution in [2.24, 2.45) is 4.99 Å². The van der Waals surface area contributed by atoms with Crippen molar-refractivity contribution >= 4 is 45.6 Å². The number of hydrogen-bond donors (Lipinski definition) is 0. The van der Waals surface area contributed by atoms with Gasteiger partial charge in [-0.3, -0.25) is 4.99 Å². The Morgan fingerprint density at radius 2 is 1.61 bits per heavy atom. The van der Waals surface area contributed by atoms with Crippen molar-refractivity contribution in [3.63, 3.8) is 0 Å². The van der Waals surface area contributed by atoms with E-state index in [4.69, 9.17) is 4.42 Å². The molecule has 0 fully saturated rings. The summed E-state index contributed by atoms with van der Waals surface area (Å²) in [5.74, 6) is 0. The van der Waals surface area contributed by atoms with E-state index < -0.39 is 0 Å². The van der Waals surface area contributed by atoms with Crippen LogP contribution in [0, 0.1) is 0 Å². The van der Waals surface area contributed by atoms with E-state index in [0.717, 1.165) is 58.0 Å². The summed E-state index contributed by atoms with van der Waals surface area (Å²) in [7, 11) is 0. The number of fused-ring (bicyclic) bond motifs is 6. The van der Waals surface area contributed by atoms with E-state index in [9.17, 15) is 0 Å². The number of aromatic nitrogens is 1. The molecule has 4 aromatic carbocycles. The Hall–Kier alpha value is -5.41. The van der Waals surface area contributed by atoms with Crippen LogP contribution in [0.1, 0.15) is 30.2 Å². The molecule has 3 nitrogen and oxygen atoms in total. The summed E-state index contributed by atoms with van der Waals surface area (Å²) < 4.78 is 9.09. The van der Waals surface area contributed by atoms with Gasteiger partial charge in [0.2, 0.25) is 0 Å². The number of furan rings is 1. The predicted octanol–water partition coefficient (Wildman–Crippen LogP) is 11.0. The molecular formula is C41H34N2O. The number of hydrogen-bond acceptors (Lipinski definition) is 2. The number of allylic oxidation sites excluding steroid dienone is 8. The summed E-state index contributed by atoms with van der Waals surface area (Å²) >= 11 is 0. The second kappa shape index (κ2) is 12.1. The zero-order valence-corrected chi connectivity index (χ0v) is 24.9. The first-order chi connectivity index (χ1) is 21.8. The summed E-state index contributed by atoms with van der Waals surface area (Å²) in [6.07, 6.45) is 21.5. The van der Waals surface area contributed by atoms with E-state index in [0.29, 0.717) is 0 Å². The van der Waals surface area contributed by atoms with Gasteiger partial charge in [0.05, 0.1) is 11.2 Å². The monoisotopic (exact) mass is 570 g/mol. The van der Waals surface area contributed by atoms with Gasteiger partial charge in [-0.05, 0) is 72.2 Å². The van der Waals surface area contributed by atoms with Crippen LogP contribution >= 0.6 is 0 Å². The molecule has 3 heteroatoms. The highest BCUT2D eigenvalue weighted by Gasteiger charge is 2.20. The van der Waals surface area contributed by atoms with Crippen LogP contribution in [0.4, 0.5) is 0 Å². The summed E-state index contributed by atoms with van der Waals surface area (Å²) in [5.41, 5.74) is 11.5. The standard InChI is InChI=1S/C41H34N2O/c1-3-4-5-6-7-15-30-16-11-21-35-36-22-12-20-33(41(36)44-40(30)35)31-17-10-18-32(28-31)43-38-23-9-8-19-34(38)37-27-29(14-13-26-42-2)24-25-39(37)43/h4-14,16-26,28H,2-3,15,27H2,1H3/b5-4-,7-6-,26-13-,29-14-. The van der Waals surface area contributed by atoms with Crippen LogP contribution in [0.25, 0.3) is 55.7 Å². The van der Waals surface area contributed by atoms with Crippen molar-refractivity contribution in [1.29, 1.82) is 0 Å². The Morgan fingerprint density at radius 3 is 2.50 bits per heavy atom. The number of nitrogens with zero attached hydrogens (tertiary/aromatic N) is 2. The topological polar surface area (TPSA) is 30.4 Å². The molecule has 214 valence electrons. The molecule has 7 rings (SSSR count). The van der Waals surface area contributed by atoms with Gasteiger partial charge in [0.1, 0.15) is 11.2 Å². The molecule has 0 N–H and O–H groups in total. The average molecular weight is 571 g/mol. The fraction of sp³-hybridized carbons (Fsp3) is 0.0976. The minimum Gasteiger partial charge on any atom is -0.455 e. The van der Waals surface area contributed by atoms with Crippen molar-refractivity contribution in [1.82, 2.24) is 4.57 Å². The zero-order valence-electron chi connectivity index (χ0n) is 24.9. The van der Waals surface area contributed by atoms with Crippen LogP contribution in [0.3, 0.4) is 0 Å². The lowest BCUT2D eigenvalue weighted by atomic mass is 9.96. The first-order valence-corrected chi connectivity index (χ1v) is 15.2. The molecule has 0 aliphatic heterocycles. The molecule has 0 bridgehead atoms. The van der Waals surface area contributed by atoms with Gasteiger partial charge in [0.15, 0.2) is 0 Å². The van der Waals surface area contributed by atoms with Crippen LogP contribution in [0.2, 0.25) is 0 Å². The molecular weight excluding hydrogens is 536 g/mol. The Morgan fingerprint density at radius 1 is 0.818 bits per heavy atom. The Kier molecular flexibility index (Phi) is 7.52. The molecule has 0 spiro atoms. The van der Waals surface area contributed by atoms with Crippen LogP contribution < -0.4 is 0 Å². The van der Waals surface area contributed by atoms with Gasteiger partial charge in [-0.1, -0.05) is 110 Å². The third kappa shape index (κ3) is 4.97. The summed E-state index contributed by atoms with van der Waals surface area (Å²) in [5, 5.41) is 3.58. The molecule has 0 saturated heterocycles. The fourth-order valence-electron chi connectivity index (χ4n) is 6.32. The van der Waals surface area contributed by atoms with E-state index in [2.05, 4.69) is 151 Å². The molecule has 1 aliphatic rings. The maximum absolute atomic E-state index is 6.70. The molecule has 0 atom stereocenters. The van der Waals surface area contributed by atoms with Gasteiger partial charge in [-0.25, -0.2) is 0 Å². The lowest BCUT2D eigenvalue weighted by Gasteiger charge is -2.14. The van der Waals surface area contributed by atoms with Crippen LogP contribution in [0.15, 0.2) is 149 Å². The van der Waals surface area contributed by atoms with Crippen LogP contribution in [0.5, 0.6) is 0 Å². The largest absolute Gasteiger partial charge is 0.455 e. The van der Waals surface area contributed by atoms with Gasteiger partial charge in [-0.15, -0.1) is 0 Å². The lowest BCUT2D eigenvalue weighted by Crippen LogP contribution is -2.02. The first-order valence-electron chi connectivity index (χ1n) is 15.2. The van der Waals surface area contributed by atoms with Gasteiger partial charge >= 0.3 is 0 Å². The molecule has 2 aromatic heterocycles. The molecule has 6 aromatic rings. The minimum absolute atomic E-state index is 0.827. The van der Waals surface area contributed by atoms with Crippen LogP contribution in [-0.4, -0.2) is 11.3 Å². The highest BCUT2D eigenvalue weighted by molar-refractivity contribution is 6.10. The Bertz CT molecular complexity index is 2180. The van der Waals surface area contributed by atoms with E-state index in [1.54, 1.807) is 6.20 Å². The van der Waals surface area contributed by atoms with E-state index in [-0.39, 0.29) is 0 Å². The normalized spacial score (nSPS) is 14.3. The number of benzene rings is 4. The van der Waals surface area contributed by atoms with Crippen molar-refractivity contribution in [3.05, 3.63) is 156 Å². The first kappa shape index (κ1) is 27.4. The third-order valence-corrected chi connectivity index (χ3v) is 8.34. The number of rotatable bonds is 8. The quantitative estimate of drug-likeness (QED) is 0.132. The molecule has 1 aliphatic carbocycles. The van der Waals surface area contributed by atoms with E-state index in [1.165, 1.54) is 33.3 Å². The maximum atomic E-state index is 6.70. The fourth-order valence-corrected chi connectivity index (χ4v) is 6.32. The summed E-state index contributed by atoms with van der Waals surface area (Å²) in [4.78, 5) is 3.83. The van der Waals surface area contributed by atoms with Gasteiger partial charge < -0.3 is 8.98 Å². The SMILES string of the molecule is C=N/C=C\C=C1\C=Cc2c(c3ccccc3n2-c2cccc(-c3cccc4c3oc3c(C/C=C\C=C/CC)cccc34)c2)C1. The van der Waals surface area contributed by atoms with Crippen molar-refractivity contribution < 1.29 is 4.42 Å². The average Bonchev–Trinajstić information content (AvgIpc) is 3.61. The van der Waals surface area contributed by atoms with E-state index in [1.807, 2.05) is 6.08 Å².